The van der Waals surface area contributed by atoms with Gasteiger partial charge in [-0.05, 0) is 20.8 Å². The Morgan fingerprint density at radius 2 is 1.83 bits per heavy atom. The Kier molecular flexibility index (Phi) is 2.02. The Morgan fingerprint density at radius 1 is 1.33 bits per heavy atom. The minimum Gasteiger partial charge on any atom is -0.483 e. The van der Waals surface area contributed by atoms with Crippen LogP contribution in [-0.2, 0) is 9.53 Å². The molecule has 12 heavy (non-hydrogen) atoms. The molecule has 0 aromatic rings. The zero-order chi connectivity index (χ0) is 9.52. The van der Waals surface area contributed by atoms with E-state index in [0.29, 0.717) is 5.92 Å². The normalized spacial score (nSPS) is 22.0. The van der Waals surface area contributed by atoms with Gasteiger partial charge >= 0.3 is 0 Å². The Labute approximate surface area is 73.6 Å². The smallest absolute Gasteiger partial charge is 0.204 e. The van der Waals surface area contributed by atoms with Crippen LogP contribution in [0.1, 0.15) is 34.6 Å². The third kappa shape index (κ3) is 1.26. The number of allylic oxidation sites excluding steroid dienone is 1. The highest BCUT2D eigenvalue weighted by molar-refractivity contribution is 6.03. The summed E-state index contributed by atoms with van der Waals surface area (Å²) in [5, 5.41) is 0. The van der Waals surface area contributed by atoms with Crippen LogP contribution in [0.2, 0.25) is 0 Å². The molecule has 0 saturated heterocycles. The van der Waals surface area contributed by atoms with Crippen LogP contribution in [0.15, 0.2) is 11.3 Å². The van der Waals surface area contributed by atoms with Crippen molar-refractivity contribution in [3.63, 3.8) is 0 Å². The quantitative estimate of drug-likeness (QED) is 0.600. The Morgan fingerprint density at radius 3 is 2.00 bits per heavy atom. The molecule has 0 bridgehead atoms. The lowest BCUT2D eigenvalue weighted by Crippen LogP contribution is -2.29. The van der Waals surface area contributed by atoms with Crippen LogP contribution < -0.4 is 0 Å². The van der Waals surface area contributed by atoms with E-state index in [2.05, 4.69) is 0 Å². The van der Waals surface area contributed by atoms with E-state index in [1.165, 1.54) is 0 Å². The van der Waals surface area contributed by atoms with Crippen LogP contribution in [0.3, 0.4) is 0 Å². The molecule has 0 amide bonds. The second-order valence-electron chi connectivity index (χ2n) is 4.09. The van der Waals surface area contributed by atoms with Crippen LogP contribution in [0.25, 0.3) is 0 Å². The third-order valence-electron chi connectivity index (χ3n) is 2.15. The van der Waals surface area contributed by atoms with Crippen molar-refractivity contribution in [2.75, 3.05) is 0 Å². The predicted octanol–water partition coefficient (Wildman–Crippen LogP) is 2.29. The predicted molar refractivity (Wildman–Crippen MR) is 47.7 cm³/mol. The lowest BCUT2D eigenvalue weighted by atomic mass is 9.99. The topological polar surface area (TPSA) is 26.3 Å². The van der Waals surface area contributed by atoms with Crippen molar-refractivity contribution in [2.24, 2.45) is 5.92 Å². The first kappa shape index (κ1) is 9.30. The van der Waals surface area contributed by atoms with E-state index < -0.39 is 5.60 Å². The van der Waals surface area contributed by atoms with Crippen molar-refractivity contribution < 1.29 is 9.53 Å². The molecule has 0 aromatic heterocycles. The molecule has 2 heteroatoms. The molecule has 0 unspecified atom stereocenters. The van der Waals surface area contributed by atoms with Gasteiger partial charge in [-0.3, -0.25) is 4.79 Å². The Hall–Kier alpha value is -0.790. The van der Waals surface area contributed by atoms with E-state index in [0.717, 1.165) is 11.3 Å². The van der Waals surface area contributed by atoms with Crippen LogP contribution in [0, 0.1) is 5.92 Å². The molecule has 0 N–H and O–H groups in total. The molecule has 0 saturated carbocycles. The average Bonchev–Trinajstić information content (AvgIpc) is 2.14. The van der Waals surface area contributed by atoms with E-state index in [-0.39, 0.29) is 5.78 Å². The summed E-state index contributed by atoms with van der Waals surface area (Å²) in [4.78, 5) is 11.6. The van der Waals surface area contributed by atoms with E-state index >= 15 is 0 Å². The maximum Gasteiger partial charge on any atom is 0.204 e. The van der Waals surface area contributed by atoms with Gasteiger partial charge in [-0.2, -0.15) is 0 Å². The number of ketones is 1. The zero-order valence-corrected chi connectivity index (χ0v) is 8.39. The highest BCUT2D eigenvalue weighted by Crippen LogP contribution is 2.33. The van der Waals surface area contributed by atoms with Gasteiger partial charge in [0.2, 0.25) is 5.78 Å². The molecule has 1 aliphatic heterocycles. The van der Waals surface area contributed by atoms with Gasteiger partial charge in [-0.15, -0.1) is 0 Å². The van der Waals surface area contributed by atoms with Crippen molar-refractivity contribution >= 4 is 5.78 Å². The Bertz CT molecular complexity index is 247. The van der Waals surface area contributed by atoms with Crippen molar-refractivity contribution in [2.45, 2.75) is 40.2 Å². The van der Waals surface area contributed by atoms with E-state index in [1.54, 1.807) is 0 Å². The number of hydrogen-bond acceptors (Lipinski definition) is 2. The summed E-state index contributed by atoms with van der Waals surface area (Å²) in [5.41, 5.74) is 0.152. The van der Waals surface area contributed by atoms with Gasteiger partial charge < -0.3 is 4.74 Å². The van der Waals surface area contributed by atoms with Gasteiger partial charge in [0, 0.05) is 11.5 Å². The molecule has 68 valence electrons. The van der Waals surface area contributed by atoms with Gasteiger partial charge in [0.1, 0.15) is 5.76 Å². The highest BCUT2D eigenvalue weighted by Gasteiger charge is 2.40. The summed E-state index contributed by atoms with van der Waals surface area (Å²) in [6, 6.07) is 0. The number of Topliss-reactive ketones (excluding diaryl/α,β-unsaturated/α-hetero) is 1. The van der Waals surface area contributed by atoms with Crippen LogP contribution in [0.5, 0.6) is 0 Å². The number of carbonyl (C=O) groups is 1. The summed E-state index contributed by atoms with van der Waals surface area (Å²) in [6.07, 6.45) is 0. The minimum absolute atomic E-state index is 0.117. The SMILES string of the molecule is CC1=C(C(C)C)OC(C)(C)C1=O. The third-order valence-corrected chi connectivity index (χ3v) is 2.15. The van der Waals surface area contributed by atoms with E-state index in [9.17, 15) is 4.79 Å². The first-order valence-electron chi connectivity index (χ1n) is 4.31. The van der Waals surface area contributed by atoms with Gasteiger partial charge in [-0.25, -0.2) is 0 Å². The first-order valence-corrected chi connectivity index (χ1v) is 4.31. The number of rotatable bonds is 1. The largest absolute Gasteiger partial charge is 0.483 e. The average molecular weight is 168 g/mol. The molecule has 1 aliphatic rings. The molecule has 0 fully saturated rings. The number of hydrogen-bond donors (Lipinski definition) is 0. The number of ether oxygens (including phenoxy) is 1. The summed E-state index contributed by atoms with van der Waals surface area (Å²) < 4.78 is 5.56. The van der Waals surface area contributed by atoms with Gasteiger partial charge in [0.25, 0.3) is 0 Å². The van der Waals surface area contributed by atoms with E-state index in [1.807, 2.05) is 34.6 Å². The fraction of sp³-hybridized carbons (Fsp3) is 0.700. The summed E-state index contributed by atoms with van der Waals surface area (Å²) in [6.45, 7) is 9.54. The monoisotopic (exact) mass is 168 g/mol. The summed E-state index contributed by atoms with van der Waals surface area (Å²) in [5.74, 6) is 1.27. The zero-order valence-electron chi connectivity index (χ0n) is 8.39. The lowest BCUT2D eigenvalue weighted by Gasteiger charge is -2.19. The van der Waals surface area contributed by atoms with Crippen LogP contribution in [0.4, 0.5) is 0 Å². The maximum absolute atomic E-state index is 11.6. The fourth-order valence-electron chi connectivity index (χ4n) is 1.51. The van der Waals surface area contributed by atoms with Gasteiger partial charge in [-0.1, -0.05) is 13.8 Å². The second kappa shape index (κ2) is 2.61. The lowest BCUT2D eigenvalue weighted by molar-refractivity contribution is -0.127. The fourth-order valence-corrected chi connectivity index (χ4v) is 1.51. The molecule has 0 atom stereocenters. The molecule has 2 nitrogen and oxygen atoms in total. The van der Waals surface area contributed by atoms with Crippen molar-refractivity contribution in [3.05, 3.63) is 11.3 Å². The molecular formula is C10H16O2. The summed E-state index contributed by atoms with van der Waals surface area (Å²) >= 11 is 0. The molecule has 1 heterocycles. The second-order valence-corrected chi connectivity index (χ2v) is 4.09. The standard InChI is InChI=1S/C10H16O2/c1-6(2)8-7(3)9(11)10(4,5)12-8/h6H,1-5H3. The van der Waals surface area contributed by atoms with Gasteiger partial charge in [0.05, 0.1) is 0 Å². The van der Waals surface area contributed by atoms with Crippen molar-refractivity contribution in [1.29, 1.82) is 0 Å². The van der Waals surface area contributed by atoms with Crippen LogP contribution >= 0.6 is 0 Å². The van der Waals surface area contributed by atoms with Gasteiger partial charge in [0.15, 0.2) is 5.60 Å². The minimum atomic E-state index is -0.635. The van der Waals surface area contributed by atoms with E-state index in [4.69, 9.17) is 4.74 Å². The molecule has 0 radical (unpaired) electrons. The summed E-state index contributed by atoms with van der Waals surface area (Å²) in [7, 11) is 0. The highest BCUT2D eigenvalue weighted by atomic mass is 16.5. The van der Waals surface area contributed by atoms with Crippen molar-refractivity contribution in [3.8, 4) is 0 Å². The molecule has 0 aliphatic carbocycles. The Balaban J connectivity index is 3.00. The molecular weight excluding hydrogens is 152 g/mol. The van der Waals surface area contributed by atoms with Crippen molar-refractivity contribution in [1.82, 2.24) is 0 Å². The molecule has 0 aromatic carbocycles. The first-order chi connectivity index (χ1) is 5.36. The molecule has 1 rings (SSSR count). The number of carbonyl (C=O) groups excluding carboxylic acids is 1. The van der Waals surface area contributed by atoms with Crippen LogP contribution in [-0.4, -0.2) is 11.4 Å². The maximum atomic E-state index is 11.6. The molecule has 0 spiro atoms.